The fraction of sp³-hybridized carbons (Fsp3) is 0. The predicted octanol–water partition coefficient (Wildman–Crippen LogP) is 11.6. The molecule has 9 aromatic rings. The number of aromatic nitrogens is 4. The Morgan fingerprint density at radius 1 is 0.320 bits per heavy atom. The second-order valence-electron chi connectivity index (χ2n) is 12.4. The van der Waals surface area contributed by atoms with Crippen LogP contribution < -0.4 is 0 Å². The zero-order chi connectivity index (χ0) is 33.3. The Morgan fingerprint density at radius 3 is 1.42 bits per heavy atom. The predicted molar refractivity (Wildman–Crippen MR) is 205 cm³/mol. The highest BCUT2D eigenvalue weighted by atomic mass is 14.8. The first-order chi connectivity index (χ1) is 24.8. The van der Waals surface area contributed by atoms with E-state index < -0.39 is 0 Å². The number of hydrogen-bond acceptors (Lipinski definition) is 4. The smallest absolute Gasteiger partial charge is 0.0978 e. The Hall–Kier alpha value is -6.78. The van der Waals surface area contributed by atoms with Gasteiger partial charge in [0.05, 0.1) is 16.7 Å². The number of pyridine rings is 4. The highest BCUT2D eigenvalue weighted by molar-refractivity contribution is 6.12. The van der Waals surface area contributed by atoms with Crippen LogP contribution in [0, 0.1) is 0 Å². The molecule has 0 radical (unpaired) electrons. The lowest BCUT2D eigenvalue weighted by Gasteiger charge is -2.14. The third kappa shape index (κ3) is 5.49. The molecular formula is C46H30N4. The Balaban J connectivity index is 1.19. The summed E-state index contributed by atoms with van der Waals surface area (Å²) in [4.78, 5) is 19.0. The van der Waals surface area contributed by atoms with Gasteiger partial charge < -0.3 is 0 Å². The third-order valence-electron chi connectivity index (χ3n) is 9.30. The standard InChI is InChI=1S/C46H30N4/c1-3-9-32(10-4-1)40-21-24-49-45-41(40)19-20-42-43(33-11-5-2-6-12-33)28-44(50-46(42)45)34-17-15-31(16-18-34)37-25-38(35-13-7-22-47-29-35)27-39(26-37)36-14-8-23-48-30-36/h1-30H. The molecule has 0 atom stereocenters. The van der Waals surface area contributed by atoms with Crippen molar-refractivity contribution in [2.75, 3.05) is 0 Å². The topological polar surface area (TPSA) is 51.6 Å². The van der Waals surface area contributed by atoms with Gasteiger partial charge in [0.1, 0.15) is 0 Å². The molecule has 4 aromatic heterocycles. The highest BCUT2D eigenvalue weighted by Crippen LogP contribution is 2.38. The van der Waals surface area contributed by atoms with Gasteiger partial charge in [0.2, 0.25) is 0 Å². The zero-order valence-corrected chi connectivity index (χ0v) is 27.1. The van der Waals surface area contributed by atoms with Crippen LogP contribution in [0.5, 0.6) is 0 Å². The van der Waals surface area contributed by atoms with Crippen molar-refractivity contribution in [1.82, 2.24) is 19.9 Å². The Morgan fingerprint density at radius 2 is 0.840 bits per heavy atom. The molecule has 234 valence electrons. The van der Waals surface area contributed by atoms with E-state index in [4.69, 9.17) is 9.97 Å². The molecule has 0 spiro atoms. The van der Waals surface area contributed by atoms with Crippen LogP contribution in [0.4, 0.5) is 0 Å². The summed E-state index contributed by atoms with van der Waals surface area (Å²) in [6, 6.07) is 53.3. The van der Waals surface area contributed by atoms with Crippen LogP contribution in [0.25, 0.3) is 88.7 Å². The van der Waals surface area contributed by atoms with Gasteiger partial charge >= 0.3 is 0 Å². The number of fused-ring (bicyclic) bond motifs is 3. The van der Waals surface area contributed by atoms with E-state index in [0.29, 0.717) is 0 Å². The fourth-order valence-corrected chi connectivity index (χ4v) is 6.80. The number of rotatable bonds is 6. The molecule has 4 heterocycles. The molecule has 0 fully saturated rings. The van der Waals surface area contributed by atoms with Crippen LogP contribution in [-0.4, -0.2) is 19.9 Å². The Labute approximate surface area is 290 Å². The molecule has 0 aliphatic heterocycles. The monoisotopic (exact) mass is 638 g/mol. The van der Waals surface area contributed by atoms with Gasteiger partial charge in [-0.1, -0.05) is 109 Å². The zero-order valence-electron chi connectivity index (χ0n) is 27.1. The quantitative estimate of drug-likeness (QED) is 0.170. The van der Waals surface area contributed by atoms with Crippen LogP contribution in [0.2, 0.25) is 0 Å². The summed E-state index contributed by atoms with van der Waals surface area (Å²) < 4.78 is 0. The maximum Gasteiger partial charge on any atom is 0.0978 e. The summed E-state index contributed by atoms with van der Waals surface area (Å²) in [5.74, 6) is 0. The van der Waals surface area contributed by atoms with Crippen molar-refractivity contribution < 1.29 is 0 Å². The average molecular weight is 639 g/mol. The molecule has 0 aliphatic carbocycles. The summed E-state index contributed by atoms with van der Waals surface area (Å²) in [5, 5.41) is 2.17. The summed E-state index contributed by atoms with van der Waals surface area (Å²) in [6.07, 6.45) is 9.33. The SMILES string of the molecule is c1ccc(-c2ccnc3c2ccc2c(-c4ccccc4)cc(-c4ccc(-c5cc(-c6cccnc6)cc(-c6cccnc6)c5)cc4)nc23)cc1. The van der Waals surface area contributed by atoms with E-state index in [0.717, 1.165) is 88.7 Å². The molecule has 0 saturated heterocycles. The van der Waals surface area contributed by atoms with Gasteiger partial charge in [-0.2, -0.15) is 0 Å². The minimum absolute atomic E-state index is 0.894. The lowest BCUT2D eigenvalue weighted by Crippen LogP contribution is -1.94. The molecule has 5 aromatic carbocycles. The summed E-state index contributed by atoms with van der Waals surface area (Å²) in [6.45, 7) is 0. The van der Waals surface area contributed by atoms with Crippen molar-refractivity contribution in [3.8, 4) is 66.9 Å². The molecule has 0 unspecified atom stereocenters. The van der Waals surface area contributed by atoms with Gasteiger partial charge in [-0.05, 0) is 87.0 Å². The second kappa shape index (κ2) is 12.7. The van der Waals surface area contributed by atoms with E-state index in [2.05, 4.69) is 143 Å². The van der Waals surface area contributed by atoms with Gasteiger partial charge in [0, 0.05) is 58.4 Å². The van der Waals surface area contributed by atoms with Crippen molar-refractivity contribution >= 4 is 21.8 Å². The Kier molecular flexibility index (Phi) is 7.45. The van der Waals surface area contributed by atoms with E-state index in [-0.39, 0.29) is 0 Å². The van der Waals surface area contributed by atoms with Crippen LogP contribution in [0.1, 0.15) is 0 Å². The lowest BCUT2D eigenvalue weighted by molar-refractivity contribution is 1.32. The summed E-state index contributed by atoms with van der Waals surface area (Å²) in [7, 11) is 0. The molecule has 0 bridgehead atoms. The third-order valence-corrected chi connectivity index (χ3v) is 9.30. The molecule has 0 amide bonds. The van der Waals surface area contributed by atoms with Crippen molar-refractivity contribution in [3.05, 3.63) is 183 Å². The molecule has 0 saturated carbocycles. The van der Waals surface area contributed by atoms with E-state index >= 15 is 0 Å². The normalized spacial score (nSPS) is 11.2. The number of nitrogens with zero attached hydrogens (tertiary/aromatic N) is 4. The summed E-state index contributed by atoms with van der Waals surface area (Å²) >= 11 is 0. The van der Waals surface area contributed by atoms with E-state index in [9.17, 15) is 0 Å². The first-order valence-electron chi connectivity index (χ1n) is 16.7. The maximum absolute atomic E-state index is 5.33. The van der Waals surface area contributed by atoms with Crippen LogP contribution >= 0.6 is 0 Å². The molecule has 4 heteroatoms. The van der Waals surface area contributed by atoms with Crippen LogP contribution in [0.15, 0.2) is 183 Å². The van der Waals surface area contributed by atoms with Crippen molar-refractivity contribution in [1.29, 1.82) is 0 Å². The first-order valence-corrected chi connectivity index (χ1v) is 16.7. The van der Waals surface area contributed by atoms with Crippen LogP contribution in [0.3, 0.4) is 0 Å². The lowest BCUT2D eigenvalue weighted by atomic mass is 9.93. The average Bonchev–Trinajstić information content (AvgIpc) is 3.21. The highest BCUT2D eigenvalue weighted by Gasteiger charge is 2.16. The fourth-order valence-electron chi connectivity index (χ4n) is 6.80. The van der Waals surface area contributed by atoms with E-state index in [1.807, 2.05) is 36.8 Å². The second-order valence-corrected chi connectivity index (χ2v) is 12.4. The van der Waals surface area contributed by atoms with Crippen molar-refractivity contribution in [3.63, 3.8) is 0 Å². The van der Waals surface area contributed by atoms with Gasteiger partial charge in [-0.3, -0.25) is 15.0 Å². The van der Waals surface area contributed by atoms with Gasteiger partial charge in [-0.25, -0.2) is 4.98 Å². The van der Waals surface area contributed by atoms with Crippen LogP contribution in [-0.2, 0) is 0 Å². The van der Waals surface area contributed by atoms with Crippen molar-refractivity contribution in [2.45, 2.75) is 0 Å². The molecular weight excluding hydrogens is 609 g/mol. The molecule has 9 rings (SSSR count). The minimum atomic E-state index is 0.894. The number of hydrogen-bond donors (Lipinski definition) is 0. The summed E-state index contributed by atoms with van der Waals surface area (Å²) in [5.41, 5.74) is 14.9. The molecule has 50 heavy (non-hydrogen) atoms. The molecule has 0 N–H and O–H groups in total. The van der Waals surface area contributed by atoms with Gasteiger partial charge in [0.15, 0.2) is 0 Å². The Bertz CT molecular complexity index is 2550. The minimum Gasteiger partial charge on any atom is -0.264 e. The first kappa shape index (κ1) is 29.4. The molecule has 0 aliphatic rings. The van der Waals surface area contributed by atoms with E-state index in [1.165, 1.54) is 0 Å². The molecule has 4 nitrogen and oxygen atoms in total. The van der Waals surface area contributed by atoms with Crippen molar-refractivity contribution in [2.24, 2.45) is 0 Å². The van der Waals surface area contributed by atoms with Gasteiger partial charge in [0.25, 0.3) is 0 Å². The van der Waals surface area contributed by atoms with E-state index in [1.54, 1.807) is 12.4 Å². The van der Waals surface area contributed by atoms with Gasteiger partial charge in [-0.15, -0.1) is 0 Å². The maximum atomic E-state index is 5.33. The largest absolute Gasteiger partial charge is 0.264 e. The number of benzene rings is 5.